The van der Waals surface area contributed by atoms with Crippen LogP contribution >= 0.6 is 27.3 Å². The Bertz CT molecular complexity index is 450. The summed E-state index contributed by atoms with van der Waals surface area (Å²) in [6.07, 6.45) is 0.690. The highest BCUT2D eigenvalue weighted by Gasteiger charge is 2.25. The average molecular weight is 349 g/mol. The zero-order valence-corrected chi connectivity index (χ0v) is 13.2. The number of aliphatic carboxylic acids is 1. The number of carboxylic acids is 1. The van der Waals surface area contributed by atoms with E-state index < -0.39 is 18.0 Å². The number of urea groups is 1. The molecule has 2 unspecified atom stereocenters. The van der Waals surface area contributed by atoms with Gasteiger partial charge in [-0.15, -0.1) is 11.3 Å². The zero-order valence-electron chi connectivity index (χ0n) is 10.8. The van der Waals surface area contributed by atoms with E-state index in [9.17, 15) is 9.59 Å². The highest BCUT2D eigenvalue weighted by Crippen LogP contribution is 2.21. The molecule has 5 nitrogen and oxygen atoms in total. The van der Waals surface area contributed by atoms with Crippen molar-refractivity contribution in [3.8, 4) is 0 Å². The summed E-state index contributed by atoms with van der Waals surface area (Å²) in [5.74, 6) is -1.12. The molecule has 1 aromatic rings. The Morgan fingerprint density at radius 2 is 2.16 bits per heavy atom. The van der Waals surface area contributed by atoms with Crippen LogP contribution < -0.4 is 10.6 Å². The smallest absolute Gasteiger partial charge is 0.326 e. The molecule has 7 heteroatoms. The largest absolute Gasteiger partial charge is 0.480 e. The van der Waals surface area contributed by atoms with Crippen LogP contribution in [-0.2, 0) is 11.3 Å². The maximum absolute atomic E-state index is 11.7. The van der Waals surface area contributed by atoms with E-state index >= 15 is 0 Å². The van der Waals surface area contributed by atoms with Gasteiger partial charge in [-0.05, 0) is 34.0 Å². The molecule has 0 saturated carbocycles. The van der Waals surface area contributed by atoms with Gasteiger partial charge in [0, 0.05) is 4.88 Å². The standard InChI is InChI=1S/C12H17BrN2O3S/c1-3-7(2)10(11(16)17)15-12(18)14-6-8-4-5-9(13)19-8/h4-5,7,10H,3,6H2,1-2H3,(H,16,17)(H2,14,15,18). The molecule has 0 fully saturated rings. The van der Waals surface area contributed by atoms with Crippen LogP contribution in [-0.4, -0.2) is 23.1 Å². The van der Waals surface area contributed by atoms with Crippen molar-refractivity contribution in [1.82, 2.24) is 10.6 Å². The number of nitrogens with one attached hydrogen (secondary N) is 2. The Labute approximate surface area is 124 Å². The number of halogens is 1. The van der Waals surface area contributed by atoms with Crippen molar-refractivity contribution >= 4 is 39.3 Å². The summed E-state index contributed by atoms with van der Waals surface area (Å²) in [5.41, 5.74) is 0. The normalized spacial score (nSPS) is 13.6. The van der Waals surface area contributed by atoms with E-state index in [0.717, 1.165) is 8.66 Å². The molecule has 1 rings (SSSR count). The number of carbonyl (C=O) groups is 2. The van der Waals surface area contributed by atoms with Crippen molar-refractivity contribution in [2.75, 3.05) is 0 Å². The molecule has 1 aromatic heterocycles. The van der Waals surface area contributed by atoms with Gasteiger partial charge in [-0.25, -0.2) is 9.59 Å². The summed E-state index contributed by atoms with van der Waals surface area (Å²) >= 11 is 4.86. The molecule has 19 heavy (non-hydrogen) atoms. The third kappa shape index (κ3) is 5.20. The monoisotopic (exact) mass is 348 g/mol. The van der Waals surface area contributed by atoms with Gasteiger partial charge in [-0.3, -0.25) is 0 Å². The first kappa shape index (κ1) is 16.0. The number of hydrogen-bond acceptors (Lipinski definition) is 3. The summed E-state index contributed by atoms with van der Waals surface area (Å²) in [4.78, 5) is 23.7. The van der Waals surface area contributed by atoms with Gasteiger partial charge in [0.2, 0.25) is 0 Å². The van der Waals surface area contributed by atoms with E-state index in [-0.39, 0.29) is 5.92 Å². The molecule has 2 amide bonds. The minimum absolute atomic E-state index is 0.112. The Kier molecular flexibility index (Phi) is 6.30. The Hall–Kier alpha value is -1.08. The number of rotatable bonds is 6. The molecule has 0 aliphatic carbocycles. The first-order chi connectivity index (χ1) is 8.93. The fourth-order valence-electron chi connectivity index (χ4n) is 1.49. The lowest BCUT2D eigenvalue weighted by molar-refractivity contribution is -0.140. The Morgan fingerprint density at radius 3 is 2.63 bits per heavy atom. The van der Waals surface area contributed by atoms with Gasteiger partial charge in [0.25, 0.3) is 0 Å². The summed E-state index contributed by atoms with van der Waals surface area (Å²) in [6, 6.07) is 2.48. The SMILES string of the molecule is CCC(C)C(NC(=O)NCc1ccc(Br)s1)C(=O)O. The second-order valence-electron chi connectivity index (χ2n) is 4.23. The molecular formula is C12H17BrN2O3S. The van der Waals surface area contributed by atoms with Gasteiger partial charge in [0.05, 0.1) is 10.3 Å². The predicted octanol–water partition coefficient (Wildman–Crippen LogP) is 2.81. The van der Waals surface area contributed by atoms with Gasteiger partial charge in [0.15, 0.2) is 0 Å². The average Bonchev–Trinajstić information content (AvgIpc) is 2.78. The molecule has 0 bridgehead atoms. The number of carbonyl (C=O) groups excluding carboxylic acids is 1. The Morgan fingerprint density at radius 1 is 1.47 bits per heavy atom. The van der Waals surface area contributed by atoms with Gasteiger partial charge in [-0.2, -0.15) is 0 Å². The number of carboxylic acid groups (broad SMARTS) is 1. The van der Waals surface area contributed by atoms with Crippen LogP contribution in [0.25, 0.3) is 0 Å². The summed E-state index contributed by atoms with van der Waals surface area (Å²) < 4.78 is 0.993. The van der Waals surface area contributed by atoms with Gasteiger partial charge in [0.1, 0.15) is 6.04 Å². The van der Waals surface area contributed by atoms with Gasteiger partial charge >= 0.3 is 12.0 Å². The Balaban J connectivity index is 2.46. The molecule has 0 aromatic carbocycles. The summed E-state index contributed by atoms with van der Waals surface area (Å²) in [6.45, 7) is 4.08. The van der Waals surface area contributed by atoms with E-state index in [1.165, 1.54) is 11.3 Å². The first-order valence-corrected chi connectivity index (χ1v) is 7.56. The molecule has 2 atom stereocenters. The van der Waals surface area contributed by atoms with E-state index in [1.54, 1.807) is 6.92 Å². The summed E-state index contributed by atoms with van der Waals surface area (Å²) in [7, 11) is 0. The molecule has 0 aliphatic rings. The first-order valence-electron chi connectivity index (χ1n) is 5.95. The minimum Gasteiger partial charge on any atom is -0.480 e. The second kappa shape index (κ2) is 7.49. The van der Waals surface area contributed by atoms with Crippen LogP contribution in [0, 0.1) is 5.92 Å². The van der Waals surface area contributed by atoms with Crippen LogP contribution in [0.1, 0.15) is 25.1 Å². The molecule has 1 heterocycles. The van der Waals surface area contributed by atoms with E-state index in [0.29, 0.717) is 13.0 Å². The van der Waals surface area contributed by atoms with Gasteiger partial charge < -0.3 is 15.7 Å². The van der Waals surface area contributed by atoms with Crippen molar-refractivity contribution in [1.29, 1.82) is 0 Å². The van der Waals surface area contributed by atoms with Crippen LogP contribution in [0.3, 0.4) is 0 Å². The van der Waals surface area contributed by atoms with E-state index in [2.05, 4.69) is 26.6 Å². The van der Waals surface area contributed by atoms with Crippen LogP contribution in [0.2, 0.25) is 0 Å². The fourth-order valence-corrected chi connectivity index (χ4v) is 2.91. The van der Waals surface area contributed by atoms with Crippen molar-refractivity contribution in [3.63, 3.8) is 0 Å². The maximum Gasteiger partial charge on any atom is 0.326 e. The molecule has 3 N–H and O–H groups in total. The summed E-state index contributed by atoms with van der Waals surface area (Å²) in [5, 5.41) is 14.2. The van der Waals surface area contributed by atoms with Crippen molar-refractivity contribution < 1.29 is 14.7 Å². The van der Waals surface area contributed by atoms with E-state index in [1.807, 2.05) is 19.1 Å². The lowest BCUT2D eigenvalue weighted by atomic mass is 9.99. The third-order valence-electron chi connectivity index (χ3n) is 2.82. The van der Waals surface area contributed by atoms with Gasteiger partial charge in [-0.1, -0.05) is 20.3 Å². The minimum atomic E-state index is -1.01. The lowest BCUT2D eigenvalue weighted by Crippen LogP contribution is -2.48. The molecule has 106 valence electrons. The van der Waals surface area contributed by atoms with Crippen LogP contribution in [0.5, 0.6) is 0 Å². The number of hydrogen-bond donors (Lipinski definition) is 3. The lowest BCUT2D eigenvalue weighted by Gasteiger charge is -2.20. The molecule has 0 aliphatic heterocycles. The van der Waals surface area contributed by atoms with Crippen molar-refractivity contribution in [2.45, 2.75) is 32.9 Å². The predicted molar refractivity (Wildman–Crippen MR) is 78.3 cm³/mol. The topological polar surface area (TPSA) is 78.4 Å². The maximum atomic E-state index is 11.7. The third-order valence-corrected chi connectivity index (χ3v) is 4.44. The zero-order chi connectivity index (χ0) is 14.4. The number of thiophene rings is 1. The van der Waals surface area contributed by atoms with Crippen molar-refractivity contribution in [3.05, 3.63) is 20.8 Å². The van der Waals surface area contributed by atoms with Crippen molar-refractivity contribution in [2.24, 2.45) is 5.92 Å². The molecular weight excluding hydrogens is 332 g/mol. The highest BCUT2D eigenvalue weighted by atomic mass is 79.9. The van der Waals surface area contributed by atoms with Crippen LogP contribution in [0.15, 0.2) is 15.9 Å². The number of amides is 2. The van der Waals surface area contributed by atoms with E-state index in [4.69, 9.17) is 5.11 Å². The second-order valence-corrected chi connectivity index (χ2v) is 6.78. The molecule has 0 radical (unpaired) electrons. The highest BCUT2D eigenvalue weighted by molar-refractivity contribution is 9.11. The van der Waals surface area contributed by atoms with Crippen LogP contribution in [0.4, 0.5) is 4.79 Å². The fraction of sp³-hybridized carbons (Fsp3) is 0.500. The molecule has 0 saturated heterocycles. The molecule has 0 spiro atoms. The quantitative estimate of drug-likeness (QED) is 0.739.